The Bertz CT molecular complexity index is 928. The van der Waals surface area contributed by atoms with Crippen LogP contribution >= 0.6 is 0 Å². The van der Waals surface area contributed by atoms with Crippen molar-refractivity contribution >= 4 is 34.3 Å². The highest BCUT2D eigenvalue weighted by atomic mass is 16.6. The van der Waals surface area contributed by atoms with Crippen LogP contribution in [0.25, 0.3) is 17.0 Å². The molecule has 24 heavy (non-hydrogen) atoms. The summed E-state index contributed by atoms with van der Waals surface area (Å²) in [6.45, 7) is 0. The molecule has 1 aromatic heterocycles. The maximum atomic E-state index is 12.1. The van der Waals surface area contributed by atoms with E-state index in [4.69, 9.17) is 0 Å². The molecule has 0 fully saturated rings. The van der Waals surface area contributed by atoms with E-state index < -0.39 is 4.92 Å². The van der Waals surface area contributed by atoms with Crippen molar-refractivity contribution < 1.29 is 9.72 Å². The van der Waals surface area contributed by atoms with E-state index >= 15 is 0 Å². The Hall–Kier alpha value is -3.54. The molecule has 118 valence electrons. The molecule has 0 atom stereocenters. The Morgan fingerprint density at radius 2 is 1.88 bits per heavy atom. The number of aromatic nitrogens is 1. The number of hydrogen-bond donors (Lipinski definition) is 1. The lowest BCUT2D eigenvalue weighted by Gasteiger charge is -2.06. The smallest absolute Gasteiger partial charge is 0.269 e. The Labute approximate surface area is 137 Å². The van der Waals surface area contributed by atoms with Gasteiger partial charge in [-0.15, -0.1) is 0 Å². The number of carbonyl (C=O) groups excluding carboxylic acids is 1. The summed E-state index contributed by atoms with van der Waals surface area (Å²) in [6.07, 6.45) is 4.68. The van der Waals surface area contributed by atoms with E-state index in [0.29, 0.717) is 11.3 Å². The van der Waals surface area contributed by atoms with Crippen LogP contribution < -0.4 is 5.32 Å². The minimum atomic E-state index is -0.464. The predicted molar refractivity (Wildman–Crippen MR) is 92.5 cm³/mol. The summed E-state index contributed by atoms with van der Waals surface area (Å²) >= 11 is 0. The zero-order valence-corrected chi connectivity index (χ0v) is 12.5. The lowest BCUT2D eigenvalue weighted by atomic mass is 10.1. The van der Waals surface area contributed by atoms with Crippen molar-refractivity contribution in [1.82, 2.24) is 4.98 Å². The normalized spacial score (nSPS) is 10.8. The maximum Gasteiger partial charge on any atom is 0.269 e. The fourth-order valence-corrected chi connectivity index (χ4v) is 2.27. The quantitative estimate of drug-likeness (QED) is 0.450. The van der Waals surface area contributed by atoms with Crippen LogP contribution in [0.3, 0.4) is 0 Å². The first-order valence-electron chi connectivity index (χ1n) is 7.21. The highest BCUT2D eigenvalue weighted by molar-refractivity contribution is 6.06. The fourth-order valence-electron chi connectivity index (χ4n) is 2.27. The monoisotopic (exact) mass is 319 g/mol. The number of nitrogens with one attached hydrogen (secondary N) is 1. The summed E-state index contributed by atoms with van der Waals surface area (Å²) in [5.41, 5.74) is 2.20. The minimum absolute atomic E-state index is 0.0138. The molecule has 6 nitrogen and oxygen atoms in total. The van der Waals surface area contributed by atoms with Crippen molar-refractivity contribution in [2.24, 2.45) is 0 Å². The number of hydrogen-bond acceptors (Lipinski definition) is 4. The molecule has 6 heteroatoms. The molecule has 0 aliphatic heterocycles. The number of non-ortho nitro benzene ring substituents is 1. The third-order valence-electron chi connectivity index (χ3n) is 3.43. The number of nitro groups is 1. The van der Waals surface area contributed by atoms with Crippen molar-refractivity contribution in [2.45, 2.75) is 0 Å². The minimum Gasteiger partial charge on any atom is -0.322 e. The van der Waals surface area contributed by atoms with E-state index in [0.717, 1.165) is 10.9 Å². The number of benzene rings is 2. The van der Waals surface area contributed by atoms with E-state index in [1.807, 2.05) is 30.3 Å². The number of carbonyl (C=O) groups is 1. The summed E-state index contributed by atoms with van der Waals surface area (Å²) in [4.78, 5) is 26.5. The van der Waals surface area contributed by atoms with Crippen molar-refractivity contribution in [3.63, 3.8) is 0 Å². The number of amides is 1. The molecule has 0 radical (unpaired) electrons. The second kappa shape index (κ2) is 6.70. The fraction of sp³-hybridized carbons (Fsp3) is 0. The first-order chi connectivity index (χ1) is 11.6. The van der Waals surface area contributed by atoms with Gasteiger partial charge in [0.1, 0.15) is 0 Å². The number of pyridine rings is 1. The predicted octanol–water partition coefficient (Wildman–Crippen LogP) is 3.79. The molecule has 0 spiro atoms. The summed E-state index contributed by atoms with van der Waals surface area (Å²) in [7, 11) is 0. The molecule has 0 aliphatic rings. The van der Waals surface area contributed by atoms with Crippen LogP contribution in [0.2, 0.25) is 0 Å². The Morgan fingerprint density at radius 1 is 1.08 bits per heavy atom. The van der Waals surface area contributed by atoms with Crippen molar-refractivity contribution in [2.75, 3.05) is 5.32 Å². The van der Waals surface area contributed by atoms with Crippen molar-refractivity contribution in [3.8, 4) is 0 Å². The van der Waals surface area contributed by atoms with Crippen LogP contribution in [0.5, 0.6) is 0 Å². The largest absolute Gasteiger partial charge is 0.322 e. The third kappa shape index (κ3) is 3.44. The van der Waals surface area contributed by atoms with Crippen LogP contribution in [-0.4, -0.2) is 15.8 Å². The third-order valence-corrected chi connectivity index (χ3v) is 3.43. The highest BCUT2D eigenvalue weighted by Gasteiger charge is 2.05. The molecule has 0 aliphatic carbocycles. The zero-order valence-electron chi connectivity index (χ0n) is 12.5. The molecule has 1 amide bonds. The Morgan fingerprint density at radius 3 is 2.62 bits per heavy atom. The van der Waals surface area contributed by atoms with Crippen LogP contribution in [-0.2, 0) is 4.79 Å². The lowest BCUT2D eigenvalue weighted by Crippen LogP contribution is -2.08. The molecule has 3 rings (SSSR count). The number of nitrogens with zero attached hydrogens (tertiary/aromatic N) is 2. The topological polar surface area (TPSA) is 85.1 Å². The summed E-state index contributed by atoms with van der Waals surface area (Å²) in [5, 5.41) is 14.3. The van der Waals surface area contributed by atoms with Crippen molar-refractivity contribution in [3.05, 3.63) is 82.5 Å². The van der Waals surface area contributed by atoms with Gasteiger partial charge in [0, 0.05) is 29.8 Å². The number of nitro benzene ring substituents is 1. The molecule has 1 heterocycles. The summed E-state index contributed by atoms with van der Waals surface area (Å²) in [6, 6.07) is 15.2. The molecule has 0 bridgehead atoms. The van der Waals surface area contributed by atoms with E-state index in [9.17, 15) is 14.9 Å². The molecular formula is C18H13N3O3. The molecule has 0 unspecified atom stereocenters. The molecule has 0 saturated carbocycles. The summed E-state index contributed by atoms with van der Waals surface area (Å²) in [5.74, 6) is -0.287. The van der Waals surface area contributed by atoms with E-state index in [1.165, 1.54) is 18.2 Å². The van der Waals surface area contributed by atoms with E-state index in [1.54, 1.807) is 24.4 Å². The standard InChI is InChI=1S/C18H13N3O3/c22-18(11-8-13-6-9-14(10-7-13)21(23)24)20-17-5-1-4-16-15(17)3-2-12-19-16/h1-12H,(H,20,22). The first kappa shape index (κ1) is 15.4. The van der Waals surface area contributed by atoms with Gasteiger partial charge in [0.2, 0.25) is 5.91 Å². The average molecular weight is 319 g/mol. The van der Waals surface area contributed by atoms with Gasteiger partial charge in [-0.3, -0.25) is 19.9 Å². The number of anilines is 1. The van der Waals surface area contributed by atoms with Crippen LogP contribution in [0.4, 0.5) is 11.4 Å². The molecular weight excluding hydrogens is 306 g/mol. The van der Waals surface area contributed by atoms with Crippen LogP contribution in [0.1, 0.15) is 5.56 Å². The van der Waals surface area contributed by atoms with Crippen LogP contribution in [0.15, 0.2) is 66.9 Å². The van der Waals surface area contributed by atoms with Gasteiger partial charge in [-0.1, -0.05) is 6.07 Å². The molecule has 0 saturated heterocycles. The molecule has 3 aromatic rings. The van der Waals surface area contributed by atoms with Gasteiger partial charge in [-0.25, -0.2) is 0 Å². The summed E-state index contributed by atoms with van der Waals surface area (Å²) < 4.78 is 0. The van der Waals surface area contributed by atoms with Gasteiger partial charge in [0.05, 0.1) is 16.1 Å². The van der Waals surface area contributed by atoms with Gasteiger partial charge in [-0.2, -0.15) is 0 Å². The van der Waals surface area contributed by atoms with Gasteiger partial charge in [-0.05, 0) is 48.0 Å². The highest BCUT2D eigenvalue weighted by Crippen LogP contribution is 2.21. The Kier molecular flexibility index (Phi) is 4.29. The Balaban J connectivity index is 1.74. The first-order valence-corrected chi connectivity index (χ1v) is 7.21. The zero-order chi connectivity index (χ0) is 16.9. The number of rotatable bonds is 4. The van der Waals surface area contributed by atoms with Crippen molar-refractivity contribution in [1.29, 1.82) is 0 Å². The maximum absolute atomic E-state index is 12.1. The van der Waals surface area contributed by atoms with Gasteiger partial charge >= 0.3 is 0 Å². The van der Waals surface area contributed by atoms with E-state index in [-0.39, 0.29) is 11.6 Å². The molecule has 2 aromatic carbocycles. The van der Waals surface area contributed by atoms with Gasteiger partial charge < -0.3 is 5.32 Å². The SMILES string of the molecule is O=C(C=Cc1ccc([N+](=O)[O-])cc1)Nc1cccc2ncccc12. The number of fused-ring (bicyclic) bond motifs is 1. The molecule has 1 N–H and O–H groups in total. The van der Waals surface area contributed by atoms with E-state index in [2.05, 4.69) is 10.3 Å². The second-order valence-corrected chi connectivity index (χ2v) is 5.05. The lowest BCUT2D eigenvalue weighted by molar-refractivity contribution is -0.384. The van der Waals surface area contributed by atoms with Gasteiger partial charge in [0.25, 0.3) is 5.69 Å². The van der Waals surface area contributed by atoms with Crippen LogP contribution in [0, 0.1) is 10.1 Å². The average Bonchev–Trinajstić information content (AvgIpc) is 2.61. The van der Waals surface area contributed by atoms with Gasteiger partial charge in [0.15, 0.2) is 0 Å². The second-order valence-electron chi connectivity index (χ2n) is 5.05.